The molecular formula is C34H28I4O4. The van der Waals surface area contributed by atoms with Crippen molar-refractivity contribution < 1.29 is 12.3 Å². The molecule has 0 heterocycles. The SMILES string of the molecule is O=Ic1ccc(C2C3CC4(c5ccc(I=O)cc5)CC(c5ccc(I=O)cc5)(C3)CC2(c2ccc(I=O)cc2)C4)cc1. The highest BCUT2D eigenvalue weighted by Gasteiger charge is 2.68. The minimum Gasteiger partial charge on any atom is -0.265 e. The Balaban J connectivity index is 1.47. The van der Waals surface area contributed by atoms with E-state index < -0.39 is 84.8 Å². The lowest BCUT2D eigenvalue weighted by Gasteiger charge is -2.70. The molecule has 4 nitrogen and oxygen atoms in total. The quantitative estimate of drug-likeness (QED) is 0.165. The van der Waals surface area contributed by atoms with Crippen LogP contribution >= 0.6 is 84.8 Å². The lowest BCUT2D eigenvalue weighted by Crippen LogP contribution is -2.65. The van der Waals surface area contributed by atoms with Gasteiger partial charge in [-0.2, -0.15) is 0 Å². The third-order valence-electron chi connectivity index (χ3n) is 10.3. The summed E-state index contributed by atoms with van der Waals surface area (Å²) in [5.41, 5.74) is 5.10. The maximum Gasteiger partial charge on any atom is 0.182 e. The summed E-state index contributed by atoms with van der Waals surface area (Å²) in [6, 6.07) is 34.4. The summed E-state index contributed by atoms with van der Waals surface area (Å²) in [5.74, 6) is 0.739. The van der Waals surface area contributed by atoms with E-state index in [9.17, 15) is 12.3 Å². The number of hydrogen-bond acceptors (Lipinski definition) is 4. The highest BCUT2D eigenvalue weighted by molar-refractivity contribution is 14.2. The van der Waals surface area contributed by atoms with Crippen LogP contribution in [0.1, 0.15) is 60.3 Å². The van der Waals surface area contributed by atoms with Gasteiger partial charge in [0.1, 0.15) is 0 Å². The second-order valence-corrected chi connectivity index (χ2v) is 19.0. The summed E-state index contributed by atoms with van der Waals surface area (Å²) in [6.07, 6.45) is 5.28. The Bertz CT molecular complexity index is 1620. The Kier molecular flexibility index (Phi) is 8.30. The van der Waals surface area contributed by atoms with Gasteiger partial charge in [0.2, 0.25) is 0 Å². The lowest BCUT2D eigenvalue weighted by molar-refractivity contribution is -0.0685. The van der Waals surface area contributed by atoms with E-state index in [4.69, 9.17) is 0 Å². The largest absolute Gasteiger partial charge is 0.265 e. The van der Waals surface area contributed by atoms with Crippen molar-refractivity contribution in [3.63, 3.8) is 0 Å². The number of rotatable bonds is 8. The van der Waals surface area contributed by atoms with Gasteiger partial charge in [0.15, 0.2) is 84.8 Å². The van der Waals surface area contributed by atoms with Gasteiger partial charge in [0.25, 0.3) is 0 Å². The number of halogens is 4. The molecule has 0 spiro atoms. The molecule has 0 N–H and O–H groups in total. The molecule has 4 aliphatic rings. The highest BCUT2D eigenvalue weighted by Crippen LogP contribution is 2.74. The second kappa shape index (κ2) is 11.7. The van der Waals surface area contributed by atoms with Crippen LogP contribution in [0.25, 0.3) is 0 Å². The maximum atomic E-state index is 11.9. The Hall–Kier alpha value is -1.00. The molecule has 4 aromatic carbocycles. The molecule has 42 heavy (non-hydrogen) atoms. The first-order chi connectivity index (χ1) is 20.5. The molecule has 0 aromatic heterocycles. The standard InChI is InChI=1S/C34H28I4O4/c39-35-27-9-1-22(2-10-27)31-23-17-32(24-3-11-28(36-40)12-4-24)19-33(18-23,25-5-13-29(37-41)14-6-25)21-34(31,20-32)26-7-15-30(38-42)16-8-26/h1-16,23,31H,17-21H2. The summed E-state index contributed by atoms with van der Waals surface area (Å²) in [6.45, 7) is 0. The average molecular weight is 1010 g/mol. The minimum absolute atomic E-state index is 0.0356. The van der Waals surface area contributed by atoms with E-state index in [2.05, 4.69) is 97.1 Å². The van der Waals surface area contributed by atoms with Crippen LogP contribution in [0, 0.1) is 20.2 Å². The molecule has 4 saturated carbocycles. The molecule has 0 amide bonds. The molecule has 0 radical (unpaired) electrons. The molecule has 3 unspecified atom stereocenters. The van der Waals surface area contributed by atoms with Crippen molar-refractivity contribution in [2.75, 3.05) is 0 Å². The predicted molar refractivity (Wildman–Crippen MR) is 194 cm³/mol. The first-order valence-electron chi connectivity index (χ1n) is 14.0. The predicted octanol–water partition coefficient (Wildman–Crippen LogP) is 10.1. The normalized spacial score (nSPS) is 29.5. The zero-order chi connectivity index (χ0) is 29.0. The molecule has 4 fully saturated rings. The van der Waals surface area contributed by atoms with Crippen LogP contribution < -0.4 is 0 Å². The summed E-state index contributed by atoms with van der Waals surface area (Å²) < 4.78 is 50.8. The van der Waals surface area contributed by atoms with Crippen molar-refractivity contribution in [1.29, 1.82) is 0 Å². The topological polar surface area (TPSA) is 68.3 Å². The van der Waals surface area contributed by atoms with Gasteiger partial charge in [-0.25, -0.2) is 0 Å². The molecule has 3 atom stereocenters. The van der Waals surface area contributed by atoms with E-state index >= 15 is 0 Å². The van der Waals surface area contributed by atoms with E-state index in [0.29, 0.717) is 11.8 Å². The van der Waals surface area contributed by atoms with Gasteiger partial charge in [-0.1, -0.05) is 48.5 Å². The smallest absolute Gasteiger partial charge is 0.182 e. The highest BCUT2D eigenvalue weighted by atomic mass is 127. The molecule has 216 valence electrons. The van der Waals surface area contributed by atoms with E-state index in [0.717, 1.165) is 46.4 Å². The summed E-state index contributed by atoms with van der Waals surface area (Å²) in [5, 5.41) is 0. The van der Waals surface area contributed by atoms with Gasteiger partial charge < -0.3 is 0 Å². The van der Waals surface area contributed by atoms with Crippen molar-refractivity contribution in [2.45, 2.75) is 54.3 Å². The van der Waals surface area contributed by atoms with Crippen LogP contribution in [0.4, 0.5) is 0 Å². The maximum absolute atomic E-state index is 11.9. The molecular weight excluding hydrogens is 980 g/mol. The van der Waals surface area contributed by atoms with Gasteiger partial charge in [-0.3, -0.25) is 12.3 Å². The van der Waals surface area contributed by atoms with Gasteiger partial charge in [-0.05, 0) is 126 Å². The van der Waals surface area contributed by atoms with Gasteiger partial charge in [0.05, 0.1) is 0 Å². The Morgan fingerprint density at radius 3 is 1.19 bits per heavy atom. The zero-order valence-electron chi connectivity index (χ0n) is 22.6. The van der Waals surface area contributed by atoms with Crippen LogP contribution in [0.5, 0.6) is 0 Å². The van der Waals surface area contributed by atoms with Crippen molar-refractivity contribution in [2.24, 2.45) is 5.92 Å². The number of hydrogen-bond donors (Lipinski definition) is 0. The Morgan fingerprint density at radius 2 is 0.810 bits per heavy atom. The second-order valence-electron chi connectivity index (χ2n) is 12.3. The van der Waals surface area contributed by atoms with E-state index in [1.165, 1.54) is 22.3 Å². The molecule has 4 aromatic rings. The van der Waals surface area contributed by atoms with Crippen molar-refractivity contribution in [3.8, 4) is 0 Å². The van der Waals surface area contributed by atoms with Crippen LogP contribution in [0.15, 0.2) is 97.1 Å². The van der Waals surface area contributed by atoms with Crippen LogP contribution in [-0.4, -0.2) is 0 Å². The fraction of sp³-hybridized carbons (Fsp3) is 0.294. The third kappa shape index (κ3) is 4.92. The third-order valence-corrected chi connectivity index (χ3v) is 15.2. The minimum atomic E-state index is -1.23. The molecule has 0 saturated heterocycles. The lowest BCUT2D eigenvalue weighted by atomic mass is 9.33. The summed E-state index contributed by atoms with van der Waals surface area (Å²) in [4.78, 5) is 0. The molecule has 4 bridgehead atoms. The van der Waals surface area contributed by atoms with Crippen molar-refractivity contribution in [1.82, 2.24) is 0 Å². The average Bonchev–Trinajstić information content (AvgIpc) is 3.04. The monoisotopic (exact) mass is 1010 g/mol. The van der Waals surface area contributed by atoms with Crippen LogP contribution in [0.2, 0.25) is 0 Å². The van der Waals surface area contributed by atoms with Gasteiger partial charge in [0, 0.05) is 19.7 Å². The zero-order valence-corrected chi connectivity index (χ0v) is 31.2. The van der Waals surface area contributed by atoms with E-state index in [1.807, 2.05) is 0 Å². The molecule has 8 heteroatoms. The molecule has 8 rings (SSSR count). The van der Waals surface area contributed by atoms with Gasteiger partial charge in [-0.15, -0.1) is 0 Å². The van der Waals surface area contributed by atoms with Crippen molar-refractivity contribution in [3.05, 3.63) is 134 Å². The molecule has 4 aliphatic carbocycles. The summed E-state index contributed by atoms with van der Waals surface area (Å²) >= 11 is -4.83. The first-order valence-corrected chi connectivity index (χ1v) is 21.8. The number of benzene rings is 4. The van der Waals surface area contributed by atoms with Crippen molar-refractivity contribution >= 4 is 84.8 Å². The fourth-order valence-electron chi connectivity index (χ4n) is 9.20. The van der Waals surface area contributed by atoms with Crippen LogP contribution in [0.3, 0.4) is 0 Å². The summed E-state index contributed by atoms with van der Waals surface area (Å²) in [7, 11) is 0. The Morgan fingerprint density at radius 1 is 0.452 bits per heavy atom. The Labute approximate surface area is 287 Å². The van der Waals surface area contributed by atoms with Crippen LogP contribution in [-0.2, 0) is 28.5 Å². The van der Waals surface area contributed by atoms with Gasteiger partial charge >= 0.3 is 0 Å². The fourth-order valence-corrected chi connectivity index (χ4v) is 11.8. The van der Waals surface area contributed by atoms with E-state index in [1.54, 1.807) is 0 Å². The van der Waals surface area contributed by atoms with E-state index in [-0.39, 0.29) is 16.2 Å². The molecule has 0 aliphatic heterocycles. The first kappa shape index (κ1) is 29.7.